The number of phenolic OH excluding ortho intramolecular Hbond substituents is 1. The fourth-order valence-corrected chi connectivity index (χ4v) is 3.21. The maximum absolute atomic E-state index is 9.85. The van der Waals surface area contributed by atoms with Crippen LogP contribution >= 0.6 is 0 Å². The summed E-state index contributed by atoms with van der Waals surface area (Å²) in [5, 5.41) is 9.85. The van der Waals surface area contributed by atoms with Gasteiger partial charge in [-0.1, -0.05) is 23.3 Å². The second-order valence-electron chi connectivity index (χ2n) is 7.71. The molecule has 0 saturated carbocycles. The standard InChI is InChI=1S/C22H32O2/c1-16(2)8-6-9-17(3)10-7-12-22(5)13-11-19-15-20(23)18(4)14-21(19)24-22/h8,10,14-15,23H,6-7,9,11-13H2,1-5H3/b17-10+/t22-/m1/s1. The summed E-state index contributed by atoms with van der Waals surface area (Å²) >= 11 is 0. The summed E-state index contributed by atoms with van der Waals surface area (Å²) in [4.78, 5) is 0. The van der Waals surface area contributed by atoms with Gasteiger partial charge in [0.1, 0.15) is 17.1 Å². The van der Waals surface area contributed by atoms with Crippen LogP contribution in [0.25, 0.3) is 0 Å². The Morgan fingerprint density at radius 2 is 1.96 bits per heavy atom. The highest BCUT2D eigenvalue weighted by Gasteiger charge is 2.31. The maximum atomic E-state index is 9.85. The molecule has 24 heavy (non-hydrogen) atoms. The number of rotatable bonds is 6. The third kappa shape index (κ3) is 5.15. The van der Waals surface area contributed by atoms with Crippen molar-refractivity contribution in [2.75, 3.05) is 0 Å². The van der Waals surface area contributed by atoms with Gasteiger partial charge in [0.2, 0.25) is 0 Å². The van der Waals surface area contributed by atoms with Crippen molar-refractivity contribution in [3.8, 4) is 11.5 Å². The van der Waals surface area contributed by atoms with Crippen LogP contribution in [0, 0.1) is 6.92 Å². The number of hydrogen-bond acceptors (Lipinski definition) is 2. The molecule has 0 bridgehead atoms. The molecular formula is C22H32O2. The molecule has 0 aromatic heterocycles. The van der Waals surface area contributed by atoms with Gasteiger partial charge in [0.05, 0.1) is 0 Å². The number of fused-ring (bicyclic) bond motifs is 1. The molecule has 0 unspecified atom stereocenters. The van der Waals surface area contributed by atoms with Gasteiger partial charge in [-0.05, 0) is 96.4 Å². The first-order valence-corrected chi connectivity index (χ1v) is 9.09. The molecule has 132 valence electrons. The molecule has 1 aromatic carbocycles. The lowest BCUT2D eigenvalue weighted by Crippen LogP contribution is -2.36. The van der Waals surface area contributed by atoms with E-state index >= 15 is 0 Å². The number of ether oxygens (including phenoxy) is 1. The summed E-state index contributed by atoms with van der Waals surface area (Å²) in [7, 11) is 0. The van der Waals surface area contributed by atoms with Gasteiger partial charge in [-0.15, -0.1) is 0 Å². The van der Waals surface area contributed by atoms with Crippen molar-refractivity contribution in [1.82, 2.24) is 0 Å². The van der Waals surface area contributed by atoms with Crippen LogP contribution in [0.3, 0.4) is 0 Å². The van der Waals surface area contributed by atoms with Gasteiger partial charge >= 0.3 is 0 Å². The Balaban J connectivity index is 1.91. The Kier molecular flexibility index (Phi) is 6.15. The lowest BCUT2D eigenvalue weighted by molar-refractivity contribution is 0.0569. The van der Waals surface area contributed by atoms with Crippen molar-refractivity contribution in [3.05, 3.63) is 46.6 Å². The predicted molar refractivity (Wildman–Crippen MR) is 102 cm³/mol. The average molecular weight is 328 g/mol. The second-order valence-corrected chi connectivity index (χ2v) is 7.71. The Morgan fingerprint density at radius 3 is 2.67 bits per heavy atom. The largest absolute Gasteiger partial charge is 0.508 e. The normalized spacial score (nSPS) is 20.3. The van der Waals surface area contributed by atoms with Crippen LogP contribution in [0.2, 0.25) is 0 Å². The number of allylic oxidation sites excluding steroid dienone is 4. The molecule has 0 saturated heterocycles. The highest BCUT2D eigenvalue weighted by Crippen LogP contribution is 2.38. The van der Waals surface area contributed by atoms with E-state index in [-0.39, 0.29) is 5.60 Å². The van der Waals surface area contributed by atoms with Gasteiger partial charge in [0.25, 0.3) is 0 Å². The van der Waals surface area contributed by atoms with Crippen LogP contribution in [0.15, 0.2) is 35.4 Å². The first-order chi connectivity index (χ1) is 11.3. The Morgan fingerprint density at radius 1 is 1.21 bits per heavy atom. The molecule has 1 heterocycles. The molecule has 1 aromatic rings. The molecule has 1 N–H and O–H groups in total. The molecule has 2 rings (SSSR count). The van der Waals surface area contributed by atoms with Crippen LogP contribution in [0.4, 0.5) is 0 Å². The molecule has 1 atom stereocenters. The number of phenols is 1. The quantitative estimate of drug-likeness (QED) is 0.625. The zero-order valence-corrected chi connectivity index (χ0v) is 15.9. The molecule has 2 heteroatoms. The number of benzene rings is 1. The predicted octanol–water partition coefficient (Wildman–Crippen LogP) is 6.26. The zero-order valence-electron chi connectivity index (χ0n) is 15.9. The van der Waals surface area contributed by atoms with Crippen molar-refractivity contribution in [2.24, 2.45) is 0 Å². The van der Waals surface area contributed by atoms with Crippen molar-refractivity contribution < 1.29 is 9.84 Å². The van der Waals surface area contributed by atoms with Gasteiger partial charge < -0.3 is 9.84 Å². The van der Waals surface area contributed by atoms with E-state index in [4.69, 9.17) is 4.74 Å². The number of aromatic hydroxyl groups is 1. The molecule has 0 fully saturated rings. The van der Waals surface area contributed by atoms with Crippen LogP contribution < -0.4 is 4.74 Å². The highest BCUT2D eigenvalue weighted by atomic mass is 16.5. The van der Waals surface area contributed by atoms with E-state index in [0.717, 1.165) is 55.4 Å². The van der Waals surface area contributed by atoms with Crippen LogP contribution in [0.5, 0.6) is 11.5 Å². The van der Waals surface area contributed by atoms with E-state index in [9.17, 15) is 5.11 Å². The summed E-state index contributed by atoms with van der Waals surface area (Å²) in [5.74, 6) is 1.32. The third-order valence-electron chi connectivity index (χ3n) is 4.92. The zero-order chi connectivity index (χ0) is 17.7. The van der Waals surface area contributed by atoms with E-state index in [1.807, 2.05) is 19.1 Å². The Labute approximate surface area is 147 Å². The third-order valence-corrected chi connectivity index (χ3v) is 4.92. The molecule has 2 nitrogen and oxygen atoms in total. The molecule has 1 aliphatic heterocycles. The fourth-order valence-electron chi connectivity index (χ4n) is 3.21. The summed E-state index contributed by atoms with van der Waals surface area (Å²) in [6, 6.07) is 3.83. The smallest absolute Gasteiger partial charge is 0.123 e. The summed E-state index contributed by atoms with van der Waals surface area (Å²) in [6.45, 7) is 10.7. The number of aryl methyl sites for hydroxylation is 2. The van der Waals surface area contributed by atoms with Gasteiger partial charge in [0, 0.05) is 0 Å². The first-order valence-electron chi connectivity index (χ1n) is 9.09. The Bertz CT molecular complexity index is 636. The molecule has 1 aliphatic rings. The molecule has 0 radical (unpaired) electrons. The lowest BCUT2D eigenvalue weighted by atomic mass is 9.88. The summed E-state index contributed by atoms with van der Waals surface area (Å²) in [5.41, 5.74) is 4.77. The van der Waals surface area contributed by atoms with Gasteiger partial charge in [-0.3, -0.25) is 0 Å². The van der Waals surface area contributed by atoms with E-state index in [0.29, 0.717) is 5.75 Å². The van der Waals surface area contributed by atoms with Crippen molar-refractivity contribution in [1.29, 1.82) is 0 Å². The van der Waals surface area contributed by atoms with Crippen molar-refractivity contribution in [2.45, 2.75) is 78.7 Å². The van der Waals surface area contributed by atoms with E-state index < -0.39 is 0 Å². The second kappa shape index (κ2) is 7.92. The van der Waals surface area contributed by atoms with Crippen LogP contribution in [0.1, 0.15) is 70.9 Å². The average Bonchev–Trinajstić information content (AvgIpc) is 2.48. The van der Waals surface area contributed by atoms with Gasteiger partial charge in [-0.2, -0.15) is 0 Å². The monoisotopic (exact) mass is 328 g/mol. The lowest BCUT2D eigenvalue weighted by Gasteiger charge is -2.36. The minimum absolute atomic E-state index is 0.104. The highest BCUT2D eigenvalue weighted by molar-refractivity contribution is 5.46. The van der Waals surface area contributed by atoms with Crippen LogP contribution in [-0.4, -0.2) is 10.7 Å². The summed E-state index contributed by atoms with van der Waals surface area (Å²) in [6.07, 6.45) is 11.0. The summed E-state index contributed by atoms with van der Waals surface area (Å²) < 4.78 is 6.30. The van der Waals surface area contributed by atoms with Crippen molar-refractivity contribution in [3.63, 3.8) is 0 Å². The molecule has 0 spiro atoms. The Hall–Kier alpha value is -1.70. The van der Waals surface area contributed by atoms with Crippen molar-refractivity contribution >= 4 is 0 Å². The van der Waals surface area contributed by atoms with Gasteiger partial charge in [0.15, 0.2) is 0 Å². The molecule has 0 amide bonds. The SMILES string of the molecule is CC(C)=CCC/C(C)=C/CC[C@]1(C)CCc2cc(O)c(C)cc2O1. The topological polar surface area (TPSA) is 29.5 Å². The first kappa shape index (κ1) is 18.6. The number of hydrogen-bond donors (Lipinski definition) is 1. The molecular weight excluding hydrogens is 296 g/mol. The maximum Gasteiger partial charge on any atom is 0.123 e. The van der Waals surface area contributed by atoms with Gasteiger partial charge in [-0.25, -0.2) is 0 Å². The molecule has 0 aliphatic carbocycles. The fraction of sp³-hybridized carbons (Fsp3) is 0.545. The minimum atomic E-state index is -0.104. The van der Waals surface area contributed by atoms with Crippen LogP contribution in [-0.2, 0) is 6.42 Å². The van der Waals surface area contributed by atoms with E-state index in [1.54, 1.807) is 0 Å². The minimum Gasteiger partial charge on any atom is -0.508 e. The van der Waals surface area contributed by atoms with E-state index in [1.165, 1.54) is 11.1 Å². The van der Waals surface area contributed by atoms with E-state index in [2.05, 4.69) is 39.8 Å².